The van der Waals surface area contributed by atoms with Crippen LogP contribution < -0.4 is 19.9 Å². The normalized spacial score (nSPS) is 11.1. The molecule has 0 bridgehead atoms. The van der Waals surface area contributed by atoms with Crippen LogP contribution in [0.5, 0.6) is 11.5 Å². The molecule has 0 amide bonds. The van der Waals surface area contributed by atoms with Crippen molar-refractivity contribution in [1.82, 2.24) is 0 Å². The molecule has 0 saturated carbocycles. The molecule has 7 nitrogen and oxygen atoms in total. The van der Waals surface area contributed by atoms with Crippen molar-refractivity contribution in [2.24, 2.45) is 5.73 Å². The fourth-order valence-electron chi connectivity index (χ4n) is 1.92. The summed E-state index contributed by atoms with van der Waals surface area (Å²) in [4.78, 5) is 0.548. The van der Waals surface area contributed by atoms with Crippen molar-refractivity contribution in [3.05, 3.63) is 29.1 Å². The Morgan fingerprint density at radius 2 is 1.92 bits per heavy atom. The van der Waals surface area contributed by atoms with Crippen LogP contribution in [-0.4, -0.2) is 34.7 Å². The molecular formula is C14H17N3O4S3. The first-order valence-corrected chi connectivity index (χ1v) is 10.1. The summed E-state index contributed by atoms with van der Waals surface area (Å²) >= 11 is 2.64. The van der Waals surface area contributed by atoms with Crippen LogP contribution in [0.4, 0.5) is 5.69 Å². The molecule has 10 heteroatoms. The smallest absolute Gasteiger partial charge is 0.262 e. The van der Waals surface area contributed by atoms with Gasteiger partial charge in [0.05, 0.1) is 33.9 Å². The third kappa shape index (κ3) is 3.77. The van der Waals surface area contributed by atoms with E-state index in [-0.39, 0.29) is 10.7 Å². The van der Waals surface area contributed by atoms with Gasteiger partial charge in [-0.3, -0.25) is 10.1 Å². The Labute approximate surface area is 148 Å². The molecule has 1 aromatic heterocycles. The molecule has 0 fully saturated rings. The summed E-state index contributed by atoms with van der Waals surface area (Å²) in [5.74, 6) is 0.655. The van der Waals surface area contributed by atoms with Crippen LogP contribution >= 0.6 is 23.1 Å². The van der Waals surface area contributed by atoms with Gasteiger partial charge in [-0.2, -0.15) is 0 Å². The van der Waals surface area contributed by atoms with Gasteiger partial charge in [0.25, 0.3) is 10.0 Å². The van der Waals surface area contributed by atoms with Gasteiger partial charge in [0, 0.05) is 6.07 Å². The largest absolute Gasteiger partial charge is 0.493 e. The third-order valence-electron chi connectivity index (χ3n) is 3.06. The van der Waals surface area contributed by atoms with Crippen molar-refractivity contribution in [2.75, 3.05) is 25.2 Å². The molecule has 0 aliphatic heterocycles. The molecule has 0 atom stereocenters. The van der Waals surface area contributed by atoms with Crippen molar-refractivity contribution in [3.63, 3.8) is 0 Å². The molecule has 2 aromatic rings. The predicted octanol–water partition coefficient (Wildman–Crippen LogP) is 2.57. The summed E-state index contributed by atoms with van der Waals surface area (Å²) in [5.41, 5.74) is 5.87. The van der Waals surface area contributed by atoms with Crippen LogP contribution in [0.25, 0.3) is 0 Å². The first kappa shape index (κ1) is 18.4. The van der Waals surface area contributed by atoms with Gasteiger partial charge >= 0.3 is 0 Å². The van der Waals surface area contributed by atoms with E-state index >= 15 is 0 Å². The third-order valence-corrected chi connectivity index (χ3v) is 6.73. The lowest BCUT2D eigenvalue weighted by molar-refractivity contribution is 0.354. The van der Waals surface area contributed by atoms with Crippen molar-refractivity contribution in [3.8, 4) is 11.5 Å². The van der Waals surface area contributed by atoms with E-state index < -0.39 is 10.0 Å². The van der Waals surface area contributed by atoms with E-state index in [0.29, 0.717) is 22.1 Å². The zero-order chi connectivity index (χ0) is 17.9. The highest BCUT2D eigenvalue weighted by atomic mass is 32.2. The van der Waals surface area contributed by atoms with Gasteiger partial charge in [-0.15, -0.1) is 23.1 Å². The molecule has 24 heavy (non-hydrogen) atoms. The Morgan fingerprint density at radius 1 is 1.25 bits per heavy atom. The van der Waals surface area contributed by atoms with Crippen molar-refractivity contribution in [1.29, 1.82) is 5.41 Å². The molecule has 2 rings (SSSR count). The average Bonchev–Trinajstić information content (AvgIpc) is 2.96. The van der Waals surface area contributed by atoms with E-state index in [1.165, 1.54) is 55.5 Å². The second-order valence-electron chi connectivity index (χ2n) is 4.55. The van der Waals surface area contributed by atoms with Crippen LogP contribution in [0.2, 0.25) is 0 Å². The Balaban J connectivity index is 2.40. The predicted molar refractivity (Wildman–Crippen MR) is 97.5 cm³/mol. The lowest BCUT2D eigenvalue weighted by Gasteiger charge is -2.11. The molecule has 0 aliphatic rings. The van der Waals surface area contributed by atoms with E-state index in [1.54, 1.807) is 6.07 Å². The van der Waals surface area contributed by atoms with Crippen molar-refractivity contribution < 1.29 is 17.9 Å². The lowest BCUT2D eigenvalue weighted by Crippen LogP contribution is -2.13. The number of sulfonamides is 1. The highest BCUT2D eigenvalue weighted by Gasteiger charge is 2.20. The number of thiophene rings is 1. The van der Waals surface area contributed by atoms with Gasteiger partial charge < -0.3 is 15.2 Å². The Bertz CT molecular complexity index is 862. The molecule has 1 heterocycles. The van der Waals surface area contributed by atoms with E-state index in [4.69, 9.17) is 20.6 Å². The van der Waals surface area contributed by atoms with E-state index in [1.807, 2.05) is 6.26 Å². The van der Waals surface area contributed by atoms with Crippen LogP contribution in [0.1, 0.15) is 4.88 Å². The minimum Gasteiger partial charge on any atom is -0.493 e. The van der Waals surface area contributed by atoms with Crippen LogP contribution in [-0.2, 0) is 10.0 Å². The number of ether oxygens (including phenoxy) is 2. The number of anilines is 1. The Morgan fingerprint density at radius 3 is 2.46 bits per heavy atom. The van der Waals surface area contributed by atoms with E-state index in [0.717, 1.165) is 4.21 Å². The maximum absolute atomic E-state index is 12.6. The Kier molecular flexibility index (Phi) is 5.62. The summed E-state index contributed by atoms with van der Waals surface area (Å²) in [5, 5.41) is 7.48. The summed E-state index contributed by atoms with van der Waals surface area (Å²) in [7, 11) is -0.907. The van der Waals surface area contributed by atoms with Gasteiger partial charge in [-0.25, -0.2) is 8.42 Å². The molecule has 4 N–H and O–H groups in total. The molecule has 0 radical (unpaired) electrons. The molecule has 0 saturated heterocycles. The fraction of sp³-hybridized carbons (Fsp3) is 0.214. The summed E-state index contributed by atoms with van der Waals surface area (Å²) in [6.45, 7) is 0. The van der Waals surface area contributed by atoms with Gasteiger partial charge in [0.15, 0.2) is 11.5 Å². The first-order chi connectivity index (χ1) is 11.3. The second kappa shape index (κ2) is 7.32. The molecule has 1 aromatic carbocycles. The second-order valence-corrected chi connectivity index (χ2v) is 8.36. The van der Waals surface area contributed by atoms with Crippen LogP contribution in [0.15, 0.2) is 33.4 Å². The first-order valence-electron chi connectivity index (χ1n) is 6.59. The van der Waals surface area contributed by atoms with Gasteiger partial charge in [0.1, 0.15) is 5.84 Å². The van der Waals surface area contributed by atoms with Crippen molar-refractivity contribution >= 4 is 44.6 Å². The minimum atomic E-state index is -3.82. The number of benzene rings is 1. The van der Waals surface area contributed by atoms with E-state index in [2.05, 4.69) is 4.72 Å². The zero-order valence-corrected chi connectivity index (χ0v) is 15.7. The molecule has 0 aliphatic carbocycles. The van der Waals surface area contributed by atoms with Crippen molar-refractivity contribution in [2.45, 2.75) is 9.10 Å². The quantitative estimate of drug-likeness (QED) is 0.382. The SMILES string of the molecule is COc1ccc(S(=O)(=O)Nc2cc(C(=N)N)sc2SC)cc1OC. The monoisotopic (exact) mass is 387 g/mol. The summed E-state index contributed by atoms with van der Waals surface area (Å²) < 4.78 is 38.7. The number of nitrogens with one attached hydrogen (secondary N) is 2. The molecular weight excluding hydrogens is 370 g/mol. The minimum absolute atomic E-state index is 0.0442. The number of nitrogen functional groups attached to an aromatic ring is 1. The van der Waals surface area contributed by atoms with Gasteiger partial charge in [0.2, 0.25) is 0 Å². The van der Waals surface area contributed by atoms with E-state index in [9.17, 15) is 8.42 Å². The number of nitrogens with two attached hydrogens (primary N) is 1. The zero-order valence-electron chi connectivity index (χ0n) is 13.2. The maximum Gasteiger partial charge on any atom is 0.262 e. The fourth-order valence-corrected chi connectivity index (χ4v) is 4.76. The number of hydrogen-bond acceptors (Lipinski definition) is 7. The number of amidine groups is 1. The van der Waals surface area contributed by atoms with Crippen LogP contribution in [0, 0.1) is 5.41 Å². The van der Waals surface area contributed by atoms with Crippen LogP contribution in [0.3, 0.4) is 0 Å². The highest BCUT2D eigenvalue weighted by Crippen LogP contribution is 2.36. The van der Waals surface area contributed by atoms with Gasteiger partial charge in [-0.1, -0.05) is 0 Å². The Hall–Kier alpha value is -1.91. The average molecular weight is 388 g/mol. The molecule has 0 unspecified atom stereocenters. The number of methoxy groups -OCH3 is 2. The standard InChI is InChI=1S/C14H17N3O4S3/c1-20-10-5-4-8(6-11(10)21-2)24(18,19)17-9-7-12(13(15)16)23-14(9)22-3/h4-7,17H,1-3H3,(H3,15,16). The molecule has 130 valence electrons. The lowest BCUT2D eigenvalue weighted by atomic mass is 10.3. The summed E-state index contributed by atoms with van der Waals surface area (Å²) in [6, 6.07) is 5.90. The highest BCUT2D eigenvalue weighted by molar-refractivity contribution is 8.00. The number of thioether (sulfide) groups is 1. The maximum atomic E-state index is 12.6. The molecule has 0 spiro atoms. The number of rotatable bonds is 7. The number of hydrogen-bond donors (Lipinski definition) is 3. The topological polar surface area (TPSA) is 114 Å². The van der Waals surface area contributed by atoms with Gasteiger partial charge in [-0.05, 0) is 24.5 Å². The summed E-state index contributed by atoms with van der Waals surface area (Å²) in [6.07, 6.45) is 1.82.